The lowest BCUT2D eigenvalue weighted by molar-refractivity contribution is -0.115. The number of carbonyl (C=O) groups excluding carboxylic acids is 1. The number of carboxylic acid groups (broad SMARTS) is 1. The Kier molecular flexibility index (Phi) is 4.82. The van der Waals surface area contributed by atoms with Gasteiger partial charge >= 0.3 is 5.97 Å². The molecular formula is C15H16ClN3O3. The third-order valence-electron chi connectivity index (χ3n) is 2.96. The first-order valence-corrected chi connectivity index (χ1v) is 7.10. The number of hydrogen-bond donors (Lipinski definition) is 2. The molecule has 7 heteroatoms. The molecule has 0 aliphatic carbocycles. The standard InChI is InChI=1S/C15H16ClN3O3/c1-9(2)19-4-3-12(18-19)8-14(20)17-13-6-10(15(21)22)5-11(16)7-13/h3-7,9H,8H2,1-2H3,(H,17,20)(H,21,22). The predicted molar refractivity (Wildman–Crippen MR) is 83.4 cm³/mol. The highest BCUT2D eigenvalue weighted by Gasteiger charge is 2.11. The lowest BCUT2D eigenvalue weighted by atomic mass is 10.2. The molecule has 2 rings (SSSR count). The van der Waals surface area contributed by atoms with E-state index in [1.54, 1.807) is 10.7 Å². The van der Waals surface area contributed by atoms with Gasteiger partial charge in [0.1, 0.15) is 0 Å². The molecule has 0 radical (unpaired) electrons. The first kappa shape index (κ1) is 16.0. The number of nitrogens with one attached hydrogen (secondary N) is 1. The molecule has 6 nitrogen and oxygen atoms in total. The number of rotatable bonds is 5. The summed E-state index contributed by atoms with van der Waals surface area (Å²) < 4.78 is 1.77. The van der Waals surface area contributed by atoms with Crippen LogP contribution in [0.4, 0.5) is 5.69 Å². The van der Waals surface area contributed by atoms with Crippen molar-refractivity contribution in [1.29, 1.82) is 0 Å². The molecule has 2 aromatic rings. The number of hydrogen-bond acceptors (Lipinski definition) is 3. The number of carboxylic acids is 1. The summed E-state index contributed by atoms with van der Waals surface area (Å²) in [4.78, 5) is 23.0. The maximum absolute atomic E-state index is 12.0. The molecular weight excluding hydrogens is 306 g/mol. The van der Waals surface area contributed by atoms with Crippen LogP contribution in [0.1, 0.15) is 35.9 Å². The van der Waals surface area contributed by atoms with Crippen LogP contribution in [0.15, 0.2) is 30.5 Å². The molecule has 1 aromatic carbocycles. The van der Waals surface area contributed by atoms with E-state index in [4.69, 9.17) is 16.7 Å². The third-order valence-corrected chi connectivity index (χ3v) is 3.18. The van der Waals surface area contributed by atoms with Crippen LogP contribution in [0.25, 0.3) is 0 Å². The Bertz CT molecular complexity index is 710. The van der Waals surface area contributed by atoms with Gasteiger partial charge in [0.15, 0.2) is 0 Å². The number of aromatic nitrogens is 2. The van der Waals surface area contributed by atoms with E-state index in [9.17, 15) is 9.59 Å². The van der Waals surface area contributed by atoms with Gasteiger partial charge in [0.25, 0.3) is 0 Å². The van der Waals surface area contributed by atoms with Crippen molar-refractivity contribution in [2.45, 2.75) is 26.3 Å². The van der Waals surface area contributed by atoms with Crippen molar-refractivity contribution in [2.24, 2.45) is 0 Å². The summed E-state index contributed by atoms with van der Waals surface area (Å²) in [5, 5.41) is 16.1. The van der Waals surface area contributed by atoms with E-state index in [-0.39, 0.29) is 29.0 Å². The lowest BCUT2D eigenvalue weighted by Gasteiger charge is -2.07. The van der Waals surface area contributed by atoms with E-state index in [0.29, 0.717) is 11.4 Å². The first-order chi connectivity index (χ1) is 10.3. The van der Waals surface area contributed by atoms with Crippen LogP contribution in [0.5, 0.6) is 0 Å². The Morgan fingerprint density at radius 2 is 2.09 bits per heavy atom. The molecule has 22 heavy (non-hydrogen) atoms. The van der Waals surface area contributed by atoms with Gasteiger partial charge in [0.05, 0.1) is 17.7 Å². The Labute approximate surface area is 132 Å². The maximum Gasteiger partial charge on any atom is 0.335 e. The fourth-order valence-electron chi connectivity index (χ4n) is 1.91. The zero-order valence-electron chi connectivity index (χ0n) is 12.2. The van der Waals surface area contributed by atoms with Crippen LogP contribution in [-0.2, 0) is 11.2 Å². The summed E-state index contributed by atoms with van der Waals surface area (Å²) in [5.74, 6) is -1.39. The molecule has 116 valence electrons. The SMILES string of the molecule is CC(C)n1ccc(CC(=O)Nc2cc(Cl)cc(C(=O)O)c2)n1. The van der Waals surface area contributed by atoms with Gasteiger partial charge in [0.2, 0.25) is 5.91 Å². The fourth-order valence-corrected chi connectivity index (χ4v) is 2.15. The molecule has 0 saturated carbocycles. The molecule has 0 saturated heterocycles. The van der Waals surface area contributed by atoms with Crippen LogP contribution >= 0.6 is 11.6 Å². The molecule has 0 atom stereocenters. The van der Waals surface area contributed by atoms with Crippen molar-refractivity contribution >= 4 is 29.2 Å². The van der Waals surface area contributed by atoms with Gasteiger partial charge in [-0.3, -0.25) is 9.48 Å². The molecule has 0 unspecified atom stereocenters. The van der Waals surface area contributed by atoms with Gasteiger partial charge in [-0.05, 0) is 38.1 Å². The Balaban J connectivity index is 2.06. The molecule has 0 bridgehead atoms. The smallest absolute Gasteiger partial charge is 0.335 e. The minimum atomic E-state index is -1.10. The summed E-state index contributed by atoms with van der Waals surface area (Å²) >= 11 is 5.85. The number of nitrogens with zero attached hydrogens (tertiary/aromatic N) is 2. The molecule has 0 spiro atoms. The maximum atomic E-state index is 12.0. The van der Waals surface area contributed by atoms with Crippen molar-refractivity contribution in [3.05, 3.63) is 46.7 Å². The largest absolute Gasteiger partial charge is 0.478 e. The third kappa shape index (κ3) is 4.08. The average Bonchev–Trinajstić information content (AvgIpc) is 2.86. The summed E-state index contributed by atoms with van der Waals surface area (Å²) in [6.07, 6.45) is 1.92. The van der Waals surface area contributed by atoms with Gasteiger partial charge in [-0.15, -0.1) is 0 Å². The Hall–Kier alpha value is -2.34. The van der Waals surface area contributed by atoms with Crippen molar-refractivity contribution in [1.82, 2.24) is 9.78 Å². The minimum Gasteiger partial charge on any atom is -0.478 e. The average molecular weight is 322 g/mol. The van der Waals surface area contributed by atoms with Gasteiger partial charge < -0.3 is 10.4 Å². The highest BCUT2D eigenvalue weighted by molar-refractivity contribution is 6.31. The molecule has 0 fully saturated rings. The molecule has 2 N–H and O–H groups in total. The Morgan fingerprint density at radius 1 is 1.36 bits per heavy atom. The molecule has 1 heterocycles. The van der Waals surface area contributed by atoms with E-state index >= 15 is 0 Å². The topological polar surface area (TPSA) is 84.2 Å². The van der Waals surface area contributed by atoms with Gasteiger partial charge in [-0.25, -0.2) is 4.79 Å². The highest BCUT2D eigenvalue weighted by atomic mass is 35.5. The number of benzene rings is 1. The quantitative estimate of drug-likeness (QED) is 0.886. The number of halogens is 1. The predicted octanol–water partition coefficient (Wildman–Crippen LogP) is 3.00. The van der Waals surface area contributed by atoms with Crippen LogP contribution in [0.3, 0.4) is 0 Å². The summed E-state index contributed by atoms with van der Waals surface area (Å²) in [5.41, 5.74) is 1.01. The fraction of sp³-hybridized carbons (Fsp3) is 0.267. The summed E-state index contributed by atoms with van der Waals surface area (Å²) in [6, 6.07) is 6.18. The second kappa shape index (κ2) is 6.62. The van der Waals surface area contributed by atoms with E-state index in [2.05, 4.69) is 10.4 Å². The van der Waals surface area contributed by atoms with E-state index < -0.39 is 5.97 Å². The summed E-state index contributed by atoms with van der Waals surface area (Å²) in [6.45, 7) is 3.99. The number of carbonyl (C=O) groups is 2. The van der Waals surface area contributed by atoms with Gasteiger partial charge in [-0.2, -0.15) is 5.10 Å². The van der Waals surface area contributed by atoms with Crippen LogP contribution in [0.2, 0.25) is 5.02 Å². The second-order valence-corrected chi connectivity index (χ2v) is 5.58. The molecule has 0 aliphatic heterocycles. The monoisotopic (exact) mass is 321 g/mol. The van der Waals surface area contributed by atoms with Crippen LogP contribution in [0, 0.1) is 0 Å². The van der Waals surface area contributed by atoms with E-state index in [1.807, 2.05) is 20.0 Å². The Morgan fingerprint density at radius 3 is 2.68 bits per heavy atom. The minimum absolute atomic E-state index is 0.0203. The highest BCUT2D eigenvalue weighted by Crippen LogP contribution is 2.19. The van der Waals surface area contributed by atoms with E-state index in [0.717, 1.165) is 0 Å². The molecule has 0 aliphatic rings. The van der Waals surface area contributed by atoms with Gasteiger partial charge in [-0.1, -0.05) is 11.6 Å². The van der Waals surface area contributed by atoms with Gasteiger partial charge in [0, 0.05) is 22.9 Å². The molecule has 1 amide bonds. The second-order valence-electron chi connectivity index (χ2n) is 5.14. The zero-order chi connectivity index (χ0) is 16.3. The first-order valence-electron chi connectivity index (χ1n) is 6.73. The van der Waals surface area contributed by atoms with Crippen LogP contribution < -0.4 is 5.32 Å². The van der Waals surface area contributed by atoms with E-state index in [1.165, 1.54) is 18.2 Å². The summed E-state index contributed by atoms with van der Waals surface area (Å²) in [7, 11) is 0. The van der Waals surface area contributed by atoms with Crippen LogP contribution in [-0.4, -0.2) is 26.8 Å². The number of aromatic carboxylic acids is 1. The number of amides is 1. The van der Waals surface area contributed by atoms with Crippen molar-refractivity contribution in [3.63, 3.8) is 0 Å². The molecule has 1 aromatic heterocycles. The zero-order valence-corrected chi connectivity index (χ0v) is 13.0. The van der Waals surface area contributed by atoms with Crippen molar-refractivity contribution in [3.8, 4) is 0 Å². The number of anilines is 1. The van der Waals surface area contributed by atoms with Crippen molar-refractivity contribution in [2.75, 3.05) is 5.32 Å². The van der Waals surface area contributed by atoms with Crippen molar-refractivity contribution < 1.29 is 14.7 Å². The lowest BCUT2D eigenvalue weighted by Crippen LogP contribution is -2.15. The normalized spacial score (nSPS) is 10.7.